The first kappa shape index (κ1) is 18.4. The third-order valence-electron chi connectivity index (χ3n) is 6.27. The molecular weight excluding hydrogens is 374 g/mol. The van der Waals surface area contributed by atoms with E-state index in [2.05, 4.69) is 5.10 Å². The van der Waals surface area contributed by atoms with Crippen LogP contribution in [0.3, 0.4) is 0 Å². The van der Waals surface area contributed by atoms with Crippen LogP contribution in [0.25, 0.3) is 0 Å². The fourth-order valence-electron chi connectivity index (χ4n) is 4.35. The summed E-state index contributed by atoms with van der Waals surface area (Å²) in [6.45, 7) is 0.241. The molecular formula is C17H23N3O6S. The molecule has 2 fully saturated rings. The third kappa shape index (κ3) is 2.53. The van der Waals surface area contributed by atoms with Crippen LogP contribution in [-0.4, -0.2) is 74.4 Å². The maximum atomic E-state index is 13.2. The maximum Gasteiger partial charge on any atom is 0.356 e. The highest BCUT2D eigenvalue weighted by Crippen LogP contribution is 2.58. The molecule has 148 valence electrons. The lowest BCUT2D eigenvalue weighted by atomic mass is 10.0. The fourth-order valence-corrected chi connectivity index (χ4v) is 7.23. The average molecular weight is 397 g/mol. The van der Waals surface area contributed by atoms with Crippen LogP contribution in [0.5, 0.6) is 0 Å². The van der Waals surface area contributed by atoms with Crippen LogP contribution in [0.4, 0.5) is 0 Å². The van der Waals surface area contributed by atoms with Crippen molar-refractivity contribution >= 4 is 21.7 Å². The number of carboxylic acid groups (broad SMARTS) is 1. The molecule has 2 aliphatic carbocycles. The predicted octanol–water partition coefficient (Wildman–Crippen LogP) is -0.0210. The molecule has 0 radical (unpaired) electrons. The Morgan fingerprint density at radius 2 is 1.85 bits per heavy atom. The molecule has 0 atom stereocenters. The van der Waals surface area contributed by atoms with Crippen molar-refractivity contribution < 1.29 is 28.2 Å². The van der Waals surface area contributed by atoms with Gasteiger partial charge in [-0.1, -0.05) is 0 Å². The molecule has 2 saturated carbocycles. The number of carboxylic acids is 1. The van der Waals surface area contributed by atoms with Gasteiger partial charge in [-0.15, -0.1) is 0 Å². The van der Waals surface area contributed by atoms with E-state index in [1.807, 2.05) is 0 Å². The second kappa shape index (κ2) is 5.78. The maximum absolute atomic E-state index is 13.2. The van der Waals surface area contributed by atoms with Gasteiger partial charge in [-0.05, 0) is 38.5 Å². The number of sulfone groups is 1. The zero-order chi connectivity index (χ0) is 19.6. The summed E-state index contributed by atoms with van der Waals surface area (Å²) in [7, 11) is -1.94. The summed E-state index contributed by atoms with van der Waals surface area (Å²) in [4.78, 5) is 25.8. The fraction of sp³-hybridized carbons (Fsp3) is 0.706. The number of amides is 1. The van der Waals surface area contributed by atoms with Gasteiger partial charge in [0.15, 0.2) is 15.5 Å². The zero-order valence-electron chi connectivity index (χ0n) is 15.1. The van der Waals surface area contributed by atoms with Crippen LogP contribution in [0.1, 0.15) is 58.6 Å². The van der Waals surface area contributed by atoms with Crippen molar-refractivity contribution in [2.75, 3.05) is 19.7 Å². The van der Waals surface area contributed by atoms with E-state index < -0.39 is 25.3 Å². The van der Waals surface area contributed by atoms with Gasteiger partial charge < -0.3 is 15.1 Å². The van der Waals surface area contributed by atoms with E-state index in [4.69, 9.17) is 0 Å². The molecule has 1 aliphatic heterocycles. The van der Waals surface area contributed by atoms with E-state index in [1.165, 1.54) is 16.6 Å². The molecule has 2 N–H and O–H groups in total. The minimum Gasteiger partial charge on any atom is -0.476 e. The number of hydrogen-bond acceptors (Lipinski definition) is 6. The third-order valence-corrected chi connectivity index (χ3v) is 9.70. The summed E-state index contributed by atoms with van der Waals surface area (Å²) in [6, 6.07) is 0. The molecule has 3 aliphatic rings. The van der Waals surface area contributed by atoms with E-state index in [1.54, 1.807) is 0 Å². The topological polar surface area (TPSA) is 130 Å². The largest absolute Gasteiger partial charge is 0.476 e. The summed E-state index contributed by atoms with van der Waals surface area (Å²) >= 11 is 0. The van der Waals surface area contributed by atoms with E-state index >= 15 is 0 Å². The van der Waals surface area contributed by atoms with E-state index in [0.29, 0.717) is 37.7 Å². The Morgan fingerprint density at radius 3 is 2.37 bits per heavy atom. The van der Waals surface area contributed by atoms with Crippen molar-refractivity contribution in [3.8, 4) is 0 Å². The number of aliphatic hydroxyl groups excluding tert-OH is 1. The van der Waals surface area contributed by atoms with Gasteiger partial charge in [0.05, 0.1) is 9.49 Å². The highest BCUT2D eigenvalue weighted by molar-refractivity contribution is 7.94. The Morgan fingerprint density at radius 1 is 1.22 bits per heavy atom. The van der Waals surface area contributed by atoms with Crippen LogP contribution in [0.2, 0.25) is 0 Å². The molecule has 0 bridgehead atoms. The van der Waals surface area contributed by atoms with Gasteiger partial charge in [0, 0.05) is 32.3 Å². The lowest BCUT2D eigenvalue weighted by Gasteiger charge is -2.32. The van der Waals surface area contributed by atoms with Crippen molar-refractivity contribution in [2.45, 2.75) is 48.0 Å². The Hall–Kier alpha value is -1.94. The van der Waals surface area contributed by atoms with Crippen molar-refractivity contribution in [3.05, 3.63) is 17.0 Å². The van der Waals surface area contributed by atoms with Crippen LogP contribution in [0, 0.1) is 0 Å². The monoisotopic (exact) mass is 397 g/mol. The van der Waals surface area contributed by atoms with Crippen LogP contribution >= 0.6 is 0 Å². The van der Waals surface area contributed by atoms with Gasteiger partial charge >= 0.3 is 5.97 Å². The SMILES string of the molecule is Cn1nc(C(=O)O)c2c1C(=O)N(CC1(S(=O)(=O)C3(CCO)CC3)CC1)CC2. The minimum atomic E-state index is -3.47. The first-order valence-electron chi connectivity index (χ1n) is 9.12. The first-order valence-corrected chi connectivity index (χ1v) is 10.6. The second-order valence-corrected chi connectivity index (χ2v) is 10.7. The second-order valence-electron chi connectivity index (χ2n) is 7.92. The van der Waals surface area contributed by atoms with Crippen LogP contribution in [0.15, 0.2) is 0 Å². The molecule has 10 heteroatoms. The molecule has 0 unspecified atom stereocenters. The standard InChI is InChI=1S/C17H23N3O6S/c1-19-13-11(12(18-19)15(23)24)2-8-20(14(13)22)10-17(5-6-17)27(25,26)16(3-4-16)7-9-21/h21H,2-10H2,1H3,(H,23,24). The Kier molecular flexibility index (Phi) is 3.94. The first-order chi connectivity index (χ1) is 12.7. The number of carbonyl (C=O) groups excluding carboxylic acids is 1. The van der Waals surface area contributed by atoms with Crippen molar-refractivity contribution in [2.24, 2.45) is 7.05 Å². The van der Waals surface area contributed by atoms with Crippen LogP contribution in [-0.2, 0) is 23.3 Å². The molecule has 0 aromatic carbocycles. The molecule has 2 heterocycles. The van der Waals surface area contributed by atoms with Crippen molar-refractivity contribution in [1.29, 1.82) is 0 Å². The Labute approximate surface area is 156 Å². The number of aliphatic hydroxyl groups is 1. The summed E-state index contributed by atoms with van der Waals surface area (Å²) in [5.74, 6) is -1.54. The molecule has 0 saturated heterocycles. The van der Waals surface area contributed by atoms with Gasteiger partial charge in [0.1, 0.15) is 5.69 Å². The normalized spacial score (nSPS) is 22.4. The number of fused-ring (bicyclic) bond motifs is 1. The van der Waals surface area contributed by atoms with Crippen molar-refractivity contribution in [1.82, 2.24) is 14.7 Å². The summed E-state index contributed by atoms with van der Waals surface area (Å²) < 4.78 is 26.0. The number of nitrogens with zero attached hydrogens (tertiary/aromatic N) is 3. The van der Waals surface area contributed by atoms with Gasteiger partial charge in [-0.3, -0.25) is 9.48 Å². The molecule has 1 amide bonds. The van der Waals surface area contributed by atoms with Gasteiger partial charge in [-0.25, -0.2) is 13.2 Å². The number of aromatic nitrogens is 2. The summed E-state index contributed by atoms with van der Waals surface area (Å²) in [5, 5.41) is 22.4. The average Bonchev–Trinajstić information content (AvgIpc) is 3.51. The summed E-state index contributed by atoms with van der Waals surface area (Å²) in [6.07, 6.45) is 2.77. The van der Waals surface area contributed by atoms with E-state index in [9.17, 15) is 28.2 Å². The number of carbonyl (C=O) groups is 2. The molecule has 0 spiro atoms. The lowest BCUT2D eigenvalue weighted by Crippen LogP contribution is -2.48. The van der Waals surface area contributed by atoms with Crippen LogP contribution < -0.4 is 0 Å². The minimum absolute atomic E-state index is 0.117. The number of rotatable bonds is 7. The molecule has 1 aromatic rings. The quantitative estimate of drug-likeness (QED) is 0.661. The summed E-state index contributed by atoms with van der Waals surface area (Å²) in [5.41, 5.74) is 0.523. The number of hydrogen-bond donors (Lipinski definition) is 2. The smallest absolute Gasteiger partial charge is 0.356 e. The highest BCUT2D eigenvalue weighted by Gasteiger charge is 2.67. The number of aromatic carboxylic acids is 1. The van der Waals surface area contributed by atoms with Gasteiger partial charge in [0.25, 0.3) is 5.91 Å². The molecule has 27 heavy (non-hydrogen) atoms. The number of aryl methyl sites for hydroxylation is 1. The zero-order valence-corrected chi connectivity index (χ0v) is 16.0. The predicted molar refractivity (Wildman–Crippen MR) is 94.3 cm³/mol. The molecule has 9 nitrogen and oxygen atoms in total. The highest BCUT2D eigenvalue weighted by atomic mass is 32.2. The Balaban J connectivity index is 1.60. The molecule has 1 aromatic heterocycles. The Bertz CT molecular complexity index is 927. The molecule has 4 rings (SSSR count). The van der Waals surface area contributed by atoms with Crippen molar-refractivity contribution in [3.63, 3.8) is 0 Å². The van der Waals surface area contributed by atoms with E-state index in [0.717, 1.165) is 0 Å². The van der Waals surface area contributed by atoms with Gasteiger partial charge in [0.2, 0.25) is 0 Å². The van der Waals surface area contributed by atoms with Gasteiger partial charge in [-0.2, -0.15) is 5.10 Å². The van der Waals surface area contributed by atoms with E-state index in [-0.39, 0.29) is 43.4 Å². The lowest BCUT2D eigenvalue weighted by molar-refractivity contribution is 0.0688.